The molecular weight excluding hydrogens is 229 g/mol. The number of hydrogen-bond donors (Lipinski definition) is 1. The van der Waals surface area contributed by atoms with E-state index in [1.807, 2.05) is 13.8 Å². The summed E-state index contributed by atoms with van der Waals surface area (Å²) in [5.74, 6) is -0.478. The highest BCUT2D eigenvalue weighted by Crippen LogP contribution is 2.19. The van der Waals surface area contributed by atoms with E-state index in [1.54, 1.807) is 0 Å². The van der Waals surface area contributed by atoms with Crippen LogP contribution in [0.25, 0.3) is 0 Å². The largest absolute Gasteiger partial charge is 0.321 e. The fourth-order valence-corrected chi connectivity index (χ4v) is 1.71. The Bertz CT molecular complexity index is 393. The summed E-state index contributed by atoms with van der Waals surface area (Å²) in [5.41, 5.74) is 5.90. The van der Waals surface area contributed by atoms with Gasteiger partial charge in [0.25, 0.3) is 0 Å². The Morgan fingerprint density at radius 3 is 2.69 bits per heavy atom. The van der Waals surface area contributed by atoms with Crippen molar-refractivity contribution in [3.8, 4) is 0 Å². The van der Waals surface area contributed by atoms with E-state index in [1.165, 1.54) is 12.1 Å². The molecule has 1 atom stereocenters. The number of benzene rings is 1. The summed E-state index contributed by atoms with van der Waals surface area (Å²) < 4.78 is 13.0. The predicted octanol–water partition coefficient (Wildman–Crippen LogP) is 3.04. The Labute approximate surface area is 99.6 Å². The average molecular weight is 244 g/mol. The second kappa shape index (κ2) is 5.41. The standard InChI is InChI=1S/C12H15ClFNO/c1-7(2)5-11(15)12(16)9-6-8(14)3-4-10(9)13/h3-4,6-7,11H,5,15H2,1-2H3. The minimum Gasteiger partial charge on any atom is -0.321 e. The summed E-state index contributed by atoms with van der Waals surface area (Å²) >= 11 is 5.83. The molecule has 1 unspecified atom stereocenters. The minimum absolute atomic E-state index is 0.162. The number of carbonyl (C=O) groups excluding carboxylic acids is 1. The first kappa shape index (κ1) is 13.1. The van der Waals surface area contributed by atoms with Crippen LogP contribution in [0.5, 0.6) is 0 Å². The Kier molecular flexibility index (Phi) is 4.44. The van der Waals surface area contributed by atoms with E-state index in [9.17, 15) is 9.18 Å². The van der Waals surface area contributed by atoms with Gasteiger partial charge in [0.2, 0.25) is 0 Å². The molecule has 1 aromatic carbocycles. The highest BCUT2D eigenvalue weighted by Gasteiger charge is 2.19. The SMILES string of the molecule is CC(C)CC(N)C(=O)c1cc(F)ccc1Cl. The second-order valence-electron chi connectivity index (χ2n) is 4.22. The molecule has 0 saturated carbocycles. The summed E-state index contributed by atoms with van der Waals surface area (Å²) in [6.07, 6.45) is 0.561. The molecule has 88 valence electrons. The van der Waals surface area contributed by atoms with E-state index in [2.05, 4.69) is 0 Å². The molecule has 0 fully saturated rings. The lowest BCUT2D eigenvalue weighted by Crippen LogP contribution is -2.32. The third-order valence-electron chi connectivity index (χ3n) is 2.26. The second-order valence-corrected chi connectivity index (χ2v) is 4.63. The van der Waals surface area contributed by atoms with E-state index in [-0.39, 0.29) is 16.4 Å². The van der Waals surface area contributed by atoms with Gasteiger partial charge in [0.15, 0.2) is 5.78 Å². The molecule has 0 heterocycles. The van der Waals surface area contributed by atoms with Gasteiger partial charge in [0.05, 0.1) is 11.1 Å². The van der Waals surface area contributed by atoms with Crippen LogP contribution in [0.1, 0.15) is 30.6 Å². The zero-order valence-corrected chi connectivity index (χ0v) is 10.1. The van der Waals surface area contributed by atoms with Gasteiger partial charge in [-0.25, -0.2) is 4.39 Å². The van der Waals surface area contributed by atoms with Crippen molar-refractivity contribution in [1.29, 1.82) is 0 Å². The molecule has 1 rings (SSSR count). The maximum atomic E-state index is 13.0. The van der Waals surface area contributed by atoms with Gasteiger partial charge >= 0.3 is 0 Å². The highest BCUT2D eigenvalue weighted by atomic mass is 35.5. The van der Waals surface area contributed by atoms with E-state index in [0.29, 0.717) is 12.3 Å². The Morgan fingerprint density at radius 2 is 2.12 bits per heavy atom. The van der Waals surface area contributed by atoms with E-state index in [0.717, 1.165) is 6.07 Å². The van der Waals surface area contributed by atoms with Crippen molar-refractivity contribution in [3.05, 3.63) is 34.6 Å². The number of ketones is 1. The van der Waals surface area contributed by atoms with Crippen LogP contribution in [0, 0.1) is 11.7 Å². The summed E-state index contributed by atoms with van der Waals surface area (Å²) in [4.78, 5) is 11.9. The van der Waals surface area contributed by atoms with Gasteiger partial charge in [0.1, 0.15) is 5.82 Å². The topological polar surface area (TPSA) is 43.1 Å². The van der Waals surface area contributed by atoms with Crippen molar-refractivity contribution in [2.24, 2.45) is 11.7 Å². The first-order valence-corrected chi connectivity index (χ1v) is 5.54. The number of nitrogens with two attached hydrogens (primary N) is 1. The van der Waals surface area contributed by atoms with Crippen molar-refractivity contribution in [2.75, 3.05) is 0 Å². The van der Waals surface area contributed by atoms with Crippen LogP contribution >= 0.6 is 11.6 Å². The Morgan fingerprint density at radius 1 is 1.50 bits per heavy atom. The lowest BCUT2D eigenvalue weighted by molar-refractivity contribution is 0.0951. The fourth-order valence-electron chi connectivity index (χ4n) is 1.50. The summed E-state index contributed by atoms with van der Waals surface area (Å²) in [6, 6.07) is 3.09. The summed E-state index contributed by atoms with van der Waals surface area (Å²) in [6.45, 7) is 3.95. The van der Waals surface area contributed by atoms with Gasteiger partial charge in [-0.1, -0.05) is 25.4 Å². The van der Waals surface area contributed by atoms with Gasteiger partial charge in [-0.2, -0.15) is 0 Å². The smallest absolute Gasteiger partial charge is 0.181 e. The number of hydrogen-bond acceptors (Lipinski definition) is 2. The highest BCUT2D eigenvalue weighted by molar-refractivity contribution is 6.34. The molecule has 16 heavy (non-hydrogen) atoms. The van der Waals surface area contributed by atoms with E-state index in [4.69, 9.17) is 17.3 Å². The normalized spacial score (nSPS) is 12.9. The maximum Gasteiger partial charge on any atom is 0.181 e. The maximum absolute atomic E-state index is 13.0. The first-order chi connectivity index (χ1) is 7.41. The molecule has 1 aromatic rings. The molecular formula is C12H15ClFNO. The minimum atomic E-state index is -0.626. The van der Waals surface area contributed by atoms with Crippen LogP contribution in [-0.4, -0.2) is 11.8 Å². The van der Waals surface area contributed by atoms with Crippen molar-refractivity contribution in [1.82, 2.24) is 0 Å². The van der Waals surface area contributed by atoms with Gasteiger partial charge in [0, 0.05) is 5.56 Å². The molecule has 0 saturated heterocycles. The number of Topliss-reactive ketones (excluding diaryl/α,β-unsaturated/α-hetero) is 1. The van der Waals surface area contributed by atoms with Crippen molar-refractivity contribution < 1.29 is 9.18 Å². The van der Waals surface area contributed by atoms with Crippen LogP contribution in [0.2, 0.25) is 5.02 Å². The van der Waals surface area contributed by atoms with Crippen molar-refractivity contribution in [3.63, 3.8) is 0 Å². The molecule has 0 aliphatic heterocycles. The Hall–Kier alpha value is -0.930. The van der Waals surface area contributed by atoms with Gasteiger partial charge in [-0.3, -0.25) is 4.79 Å². The van der Waals surface area contributed by atoms with Crippen molar-refractivity contribution in [2.45, 2.75) is 26.3 Å². The summed E-state index contributed by atoms with van der Waals surface area (Å²) in [5, 5.41) is 0.241. The zero-order valence-electron chi connectivity index (χ0n) is 9.34. The van der Waals surface area contributed by atoms with Crippen LogP contribution in [0.15, 0.2) is 18.2 Å². The van der Waals surface area contributed by atoms with Gasteiger partial charge < -0.3 is 5.73 Å². The third-order valence-corrected chi connectivity index (χ3v) is 2.59. The lowest BCUT2D eigenvalue weighted by Gasteiger charge is -2.13. The molecule has 0 spiro atoms. The summed E-state index contributed by atoms with van der Waals surface area (Å²) in [7, 11) is 0. The quantitative estimate of drug-likeness (QED) is 0.826. The first-order valence-electron chi connectivity index (χ1n) is 5.16. The lowest BCUT2D eigenvalue weighted by atomic mass is 9.97. The fraction of sp³-hybridized carbons (Fsp3) is 0.417. The predicted molar refractivity (Wildman–Crippen MR) is 63.2 cm³/mol. The monoisotopic (exact) mass is 243 g/mol. The van der Waals surface area contributed by atoms with Crippen LogP contribution in [0.3, 0.4) is 0 Å². The molecule has 0 bridgehead atoms. The van der Waals surface area contributed by atoms with Gasteiger partial charge in [-0.05, 0) is 30.5 Å². The third kappa shape index (κ3) is 3.29. The molecule has 0 radical (unpaired) electrons. The molecule has 2 nitrogen and oxygen atoms in total. The molecule has 0 aliphatic carbocycles. The van der Waals surface area contributed by atoms with E-state index >= 15 is 0 Å². The van der Waals surface area contributed by atoms with Gasteiger partial charge in [-0.15, -0.1) is 0 Å². The number of halogens is 2. The van der Waals surface area contributed by atoms with Crippen molar-refractivity contribution >= 4 is 17.4 Å². The molecule has 2 N–H and O–H groups in total. The van der Waals surface area contributed by atoms with Crippen LogP contribution < -0.4 is 5.73 Å². The molecule has 0 aliphatic rings. The van der Waals surface area contributed by atoms with Crippen LogP contribution in [0.4, 0.5) is 4.39 Å². The number of rotatable bonds is 4. The number of carbonyl (C=O) groups is 1. The Balaban J connectivity index is 2.91. The molecule has 0 amide bonds. The van der Waals surface area contributed by atoms with E-state index < -0.39 is 11.9 Å². The zero-order chi connectivity index (χ0) is 12.3. The molecule has 0 aromatic heterocycles. The average Bonchev–Trinajstić information content (AvgIpc) is 2.19. The van der Waals surface area contributed by atoms with Crippen LogP contribution in [-0.2, 0) is 0 Å². The molecule has 4 heteroatoms.